The molecular formula is C17H35NO2. The molecule has 0 saturated heterocycles. The lowest BCUT2D eigenvalue weighted by Crippen LogP contribution is -2.50. The lowest BCUT2D eigenvalue weighted by Gasteiger charge is -2.38. The summed E-state index contributed by atoms with van der Waals surface area (Å²) in [5.41, 5.74) is 0.0648. The molecule has 0 rings (SSSR count). The number of unbranched alkanes of at least 4 members (excludes halogenated alkanes) is 1. The van der Waals surface area contributed by atoms with E-state index in [0.717, 1.165) is 0 Å². The Morgan fingerprint density at radius 1 is 0.900 bits per heavy atom. The number of quaternary nitrogens is 1. The second-order valence-electron chi connectivity index (χ2n) is 5.66. The second-order valence-corrected chi connectivity index (χ2v) is 5.66. The van der Waals surface area contributed by atoms with Gasteiger partial charge < -0.3 is 14.4 Å². The topological polar surface area (TPSA) is 40.1 Å². The van der Waals surface area contributed by atoms with Gasteiger partial charge in [-0.25, -0.2) is 0 Å². The van der Waals surface area contributed by atoms with Crippen molar-refractivity contribution in [3.63, 3.8) is 0 Å². The first kappa shape index (κ1) is 21.5. The molecule has 3 heteroatoms. The van der Waals surface area contributed by atoms with E-state index in [9.17, 15) is 9.90 Å². The van der Waals surface area contributed by atoms with Gasteiger partial charge in [0.05, 0.1) is 32.1 Å². The van der Waals surface area contributed by atoms with Gasteiger partial charge in [-0.05, 0) is 38.2 Å². The van der Waals surface area contributed by atoms with Crippen LogP contribution in [0.3, 0.4) is 0 Å². The Kier molecular flexibility index (Phi) is 14.1. The van der Waals surface area contributed by atoms with E-state index in [1.807, 2.05) is 0 Å². The van der Waals surface area contributed by atoms with E-state index in [2.05, 4.69) is 34.3 Å². The van der Waals surface area contributed by atoms with Gasteiger partial charge in [0, 0.05) is 0 Å². The third kappa shape index (κ3) is 11.0. The summed E-state index contributed by atoms with van der Waals surface area (Å²) in [5.74, 6) is -1.19. The first-order valence-corrected chi connectivity index (χ1v) is 8.11. The van der Waals surface area contributed by atoms with Crippen LogP contribution in [0.15, 0.2) is 12.2 Å². The van der Waals surface area contributed by atoms with E-state index >= 15 is 0 Å². The number of rotatable bonds is 10. The Bertz CT molecular complexity index is 233. The summed E-state index contributed by atoms with van der Waals surface area (Å²) >= 11 is 0. The minimum absolute atomic E-state index is 0.0648. The number of hydrogen-bond donors (Lipinski definition) is 0. The number of carbonyl (C=O) groups excluding carboxylic acids is 1. The maximum absolute atomic E-state index is 9.49. The summed E-state index contributed by atoms with van der Waals surface area (Å²) in [5, 5.41) is 9.49. The SMILES string of the molecule is C=C(C)C(=O)[O-].CCCC[N+](CCC)(CCC)CCC. The fraction of sp³-hybridized carbons (Fsp3) is 0.824. The van der Waals surface area contributed by atoms with Crippen molar-refractivity contribution in [3.8, 4) is 0 Å². The molecular weight excluding hydrogens is 250 g/mol. The second kappa shape index (κ2) is 13.2. The normalized spacial score (nSPS) is 10.7. The van der Waals surface area contributed by atoms with Crippen molar-refractivity contribution >= 4 is 5.97 Å². The molecule has 0 fully saturated rings. The van der Waals surface area contributed by atoms with Gasteiger partial charge in [0.15, 0.2) is 0 Å². The van der Waals surface area contributed by atoms with Crippen LogP contribution < -0.4 is 5.11 Å². The van der Waals surface area contributed by atoms with Gasteiger partial charge in [0.1, 0.15) is 0 Å². The lowest BCUT2D eigenvalue weighted by atomic mass is 10.2. The van der Waals surface area contributed by atoms with E-state index in [-0.39, 0.29) is 5.57 Å². The first-order valence-electron chi connectivity index (χ1n) is 8.11. The van der Waals surface area contributed by atoms with Gasteiger partial charge in [-0.1, -0.05) is 40.7 Å². The van der Waals surface area contributed by atoms with Crippen molar-refractivity contribution in [3.05, 3.63) is 12.2 Å². The number of hydrogen-bond acceptors (Lipinski definition) is 2. The van der Waals surface area contributed by atoms with E-state index in [1.54, 1.807) is 0 Å². The van der Waals surface area contributed by atoms with Crippen LogP contribution in [0.5, 0.6) is 0 Å². The summed E-state index contributed by atoms with van der Waals surface area (Å²) in [4.78, 5) is 9.49. The summed E-state index contributed by atoms with van der Waals surface area (Å²) in [6.45, 7) is 19.3. The maximum atomic E-state index is 9.49. The molecule has 0 aromatic rings. The standard InChI is InChI=1S/C13H30N.C4H6O2/c1-5-9-13-14(10-6-2,11-7-3)12-8-4;1-3(2)4(5)6/h5-13H2,1-4H3;1H2,2H3,(H,5,6)/q+1;/p-1. The molecule has 0 aromatic carbocycles. The molecule has 120 valence electrons. The third-order valence-corrected chi connectivity index (χ3v) is 3.43. The molecule has 0 unspecified atom stereocenters. The highest BCUT2D eigenvalue weighted by molar-refractivity contribution is 5.82. The predicted molar refractivity (Wildman–Crippen MR) is 85.3 cm³/mol. The number of carboxylic acids is 1. The highest BCUT2D eigenvalue weighted by Gasteiger charge is 2.23. The van der Waals surface area contributed by atoms with Crippen LogP contribution in [0, 0.1) is 0 Å². The Hall–Kier alpha value is -0.830. The van der Waals surface area contributed by atoms with Gasteiger partial charge in [-0.3, -0.25) is 0 Å². The van der Waals surface area contributed by atoms with Crippen LogP contribution in [0.2, 0.25) is 0 Å². The van der Waals surface area contributed by atoms with Crippen LogP contribution in [-0.2, 0) is 4.79 Å². The highest BCUT2D eigenvalue weighted by Crippen LogP contribution is 2.13. The fourth-order valence-electron chi connectivity index (χ4n) is 2.59. The molecule has 0 heterocycles. The van der Waals surface area contributed by atoms with Crippen LogP contribution in [0.1, 0.15) is 66.7 Å². The first-order chi connectivity index (χ1) is 9.39. The van der Waals surface area contributed by atoms with Gasteiger partial charge in [-0.15, -0.1) is 0 Å². The summed E-state index contributed by atoms with van der Waals surface area (Å²) in [6, 6.07) is 0. The Morgan fingerprint density at radius 2 is 1.25 bits per heavy atom. The zero-order valence-corrected chi connectivity index (χ0v) is 14.3. The van der Waals surface area contributed by atoms with Crippen molar-refractivity contribution in [1.29, 1.82) is 0 Å². The number of nitrogens with zero attached hydrogens (tertiary/aromatic N) is 1. The molecule has 20 heavy (non-hydrogen) atoms. The Labute approximate surface area is 126 Å². The zero-order chi connectivity index (χ0) is 16.0. The van der Waals surface area contributed by atoms with E-state index in [1.165, 1.54) is 69.7 Å². The third-order valence-electron chi connectivity index (χ3n) is 3.43. The summed E-state index contributed by atoms with van der Waals surface area (Å²) < 4.78 is 1.39. The molecule has 0 saturated carbocycles. The molecule has 0 aliphatic carbocycles. The van der Waals surface area contributed by atoms with Gasteiger partial charge >= 0.3 is 0 Å². The average Bonchev–Trinajstić information content (AvgIpc) is 2.38. The van der Waals surface area contributed by atoms with E-state index in [4.69, 9.17) is 0 Å². The molecule has 0 bridgehead atoms. The Balaban J connectivity index is 0. The van der Waals surface area contributed by atoms with Crippen molar-refractivity contribution in [1.82, 2.24) is 0 Å². The molecule has 0 aliphatic rings. The molecule has 0 atom stereocenters. The molecule has 0 spiro atoms. The van der Waals surface area contributed by atoms with Gasteiger partial charge in [0.25, 0.3) is 0 Å². The molecule has 0 amide bonds. The molecule has 0 aromatic heterocycles. The monoisotopic (exact) mass is 285 g/mol. The fourth-order valence-corrected chi connectivity index (χ4v) is 2.59. The molecule has 0 aliphatic heterocycles. The maximum Gasteiger partial charge on any atom is 0.0786 e. The average molecular weight is 285 g/mol. The highest BCUT2D eigenvalue weighted by atomic mass is 16.4. The van der Waals surface area contributed by atoms with Crippen molar-refractivity contribution < 1.29 is 14.4 Å². The minimum atomic E-state index is -1.19. The van der Waals surface area contributed by atoms with Crippen molar-refractivity contribution in [2.24, 2.45) is 0 Å². The van der Waals surface area contributed by atoms with Crippen LogP contribution >= 0.6 is 0 Å². The molecule has 0 N–H and O–H groups in total. The van der Waals surface area contributed by atoms with Crippen LogP contribution in [0.25, 0.3) is 0 Å². The minimum Gasteiger partial charge on any atom is -0.545 e. The quantitative estimate of drug-likeness (QED) is 0.457. The van der Waals surface area contributed by atoms with E-state index in [0.29, 0.717) is 0 Å². The Morgan fingerprint density at radius 3 is 1.45 bits per heavy atom. The van der Waals surface area contributed by atoms with Crippen LogP contribution in [-0.4, -0.2) is 36.6 Å². The number of carboxylic acid groups (broad SMARTS) is 1. The van der Waals surface area contributed by atoms with Crippen molar-refractivity contribution in [2.75, 3.05) is 26.2 Å². The van der Waals surface area contributed by atoms with E-state index < -0.39 is 5.97 Å². The van der Waals surface area contributed by atoms with Crippen molar-refractivity contribution in [2.45, 2.75) is 66.7 Å². The summed E-state index contributed by atoms with van der Waals surface area (Å²) in [6.07, 6.45) is 6.76. The smallest absolute Gasteiger partial charge is 0.0786 e. The van der Waals surface area contributed by atoms with Gasteiger partial charge in [0.2, 0.25) is 0 Å². The largest absolute Gasteiger partial charge is 0.545 e. The van der Waals surface area contributed by atoms with Gasteiger partial charge in [-0.2, -0.15) is 0 Å². The lowest BCUT2D eigenvalue weighted by molar-refractivity contribution is -0.928. The number of carbonyl (C=O) groups is 1. The summed E-state index contributed by atoms with van der Waals surface area (Å²) in [7, 11) is 0. The predicted octanol–water partition coefficient (Wildman–Crippen LogP) is 3.15. The molecule has 3 nitrogen and oxygen atoms in total. The van der Waals surface area contributed by atoms with Crippen LogP contribution in [0.4, 0.5) is 0 Å². The molecule has 0 radical (unpaired) electrons. The number of aliphatic carboxylic acids is 1. The zero-order valence-electron chi connectivity index (χ0n) is 14.3.